The molecule has 0 unspecified atom stereocenters. The van der Waals surface area contributed by atoms with Crippen molar-refractivity contribution in [1.29, 1.82) is 0 Å². The lowest BCUT2D eigenvalue weighted by Gasteiger charge is -2.11. The summed E-state index contributed by atoms with van der Waals surface area (Å²) in [5.74, 6) is 1.30. The molecule has 0 aliphatic rings. The van der Waals surface area contributed by atoms with E-state index >= 15 is 0 Å². The van der Waals surface area contributed by atoms with E-state index in [0.29, 0.717) is 24.7 Å². The smallest absolute Gasteiger partial charge is 0.244 e. The minimum atomic E-state index is -0.0900. The van der Waals surface area contributed by atoms with Crippen molar-refractivity contribution in [3.8, 4) is 11.5 Å². The van der Waals surface area contributed by atoms with Gasteiger partial charge in [0.2, 0.25) is 5.91 Å². The van der Waals surface area contributed by atoms with Crippen LogP contribution in [0.25, 0.3) is 0 Å². The van der Waals surface area contributed by atoms with Crippen LogP contribution in [-0.4, -0.2) is 19.6 Å². The number of amides is 1. The number of benzene rings is 1. The number of carbonyl (C=O) groups excluding carboxylic acids is 1. The maximum atomic E-state index is 11.5. The Bertz CT molecular complexity index is 462. The van der Waals surface area contributed by atoms with Crippen LogP contribution >= 0.6 is 0 Å². The Morgan fingerprint density at radius 1 is 1.32 bits per heavy atom. The van der Waals surface area contributed by atoms with Crippen molar-refractivity contribution >= 4 is 5.91 Å². The van der Waals surface area contributed by atoms with Gasteiger partial charge >= 0.3 is 0 Å². The van der Waals surface area contributed by atoms with Crippen LogP contribution in [0.3, 0.4) is 0 Å². The Morgan fingerprint density at radius 3 is 2.63 bits per heavy atom. The highest BCUT2D eigenvalue weighted by atomic mass is 16.5. The summed E-state index contributed by atoms with van der Waals surface area (Å²) < 4.78 is 10.7. The van der Waals surface area contributed by atoms with Crippen molar-refractivity contribution in [1.82, 2.24) is 5.32 Å². The zero-order valence-electron chi connectivity index (χ0n) is 11.9. The molecule has 1 rings (SSSR count). The number of nitrogens with one attached hydrogen (secondary N) is 1. The summed E-state index contributed by atoms with van der Waals surface area (Å²) in [5, 5.41) is 2.82. The molecule has 0 aliphatic heterocycles. The molecule has 0 aromatic heterocycles. The molecule has 0 radical (unpaired) electrons. The average Bonchev–Trinajstić information content (AvgIpc) is 2.37. The molecule has 104 valence electrons. The molecule has 0 atom stereocenters. The van der Waals surface area contributed by atoms with Crippen molar-refractivity contribution in [2.45, 2.75) is 27.3 Å². The van der Waals surface area contributed by atoms with Gasteiger partial charge in [-0.15, -0.1) is 0 Å². The van der Waals surface area contributed by atoms with E-state index in [1.807, 2.05) is 39.0 Å². The first-order valence-corrected chi connectivity index (χ1v) is 6.29. The quantitative estimate of drug-likeness (QED) is 0.803. The topological polar surface area (TPSA) is 47.6 Å². The highest BCUT2D eigenvalue weighted by molar-refractivity contribution is 5.87. The SMILES string of the molecule is CCOc1ccc(CNC(=O)C=C(C)C)cc1OC. The van der Waals surface area contributed by atoms with E-state index in [4.69, 9.17) is 9.47 Å². The molecule has 1 aromatic carbocycles. The Kier molecular flexibility index (Phi) is 5.93. The van der Waals surface area contributed by atoms with Crippen molar-refractivity contribution in [3.05, 3.63) is 35.4 Å². The van der Waals surface area contributed by atoms with E-state index in [1.54, 1.807) is 13.2 Å². The van der Waals surface area contributed by atoms with Gasteiger partial charge in [0.1, 0.15) is 0 Å². The average molecular weight is 263 g/mol. The maximum Gasteiger partial charge on any atom is 0.244 e. The van der Waals surface area contributed by atoms with Gasteiger partial charge in [0.05, 0.1) is 13.7 Å². The first kappa shape index (κ1) is 15.1. The minimum absolute atomic E-state index is 0.0900. The van der Waals surface area contributed by atoms with Crippen LogP contribution in [-0.2, 0) is 11.3 Å². The Labute approximate surface area is 114 Å². The summed E-state index contributed by atoms with van der Waals surface area (Å²) in [5.41, 5.74) is 1.94. The molecule has 0 bridgehead atoms. The van der Waals surface area contributed by atoms with Gasteiger partial charge in [0.15, 0.2) is 11.5 Å². The van der Waals surface area contributed by atoms with Gasteiger partial charge in [-0.25, -0.2) is 0 Å². The first-order valence-electron chi connectivity index (χ1n) is 6.29. The molecule has 0 heterocycles. The summed E-state index contributed by atoms with van der Waals surface area (Å²) in [7, 11) is 1.60. The van der Waals surface area contributed by atoms with Gasteiger partial charge in [-0.2, -0.15) is 0 Å². The first-order chi connectivity index (χ1) is 9.06. The number of methoxy groups -OCH3 is 1. The molecule has 1 aromatic rings. The summed E-state index contributed by atoms with van der Waals surface area (Å²) in [6.07, 6.45) is 1.58. The molecule has 19 heavy (non-hydrogen) atoms. The molecular weight excluding hydrogens is 242 g/mol. The lowest BCUT2D eigenvalue weighted by Crippen LogP contribution is -2.20. The van der Waals surface area contributed by atoms with Crippen molar-refractivity contribution in [2.24, 2.45) is 0 Å². The Morgan fingerprint density at radius 2 is 2.05 bits per heavy atom. The Hall–Kier alpha value is -1.97. The minimum Gasteiger partial charge on any atom is -0.493 e. The standard InChI is InChI=1S/C15H21NO3/c1-5-19-13-7-6-12(9-14(13)18-4)10-16-15(17)8-11(2)3/h6-9H,5,10H2,1-4H3,(H,16,17). The predicted molar refractivity (Wildman–Crippen MR) is 75.4 cm³/mol. The third kappa shape index (κ3) is 5.04. The highest BCUT2D eigenvalue weighted by Crippen LogP contribution is 2.27. The fourth-order valence-electron chi connectivity index (χ4n) is 1.60. The lowest BCUT2D eigenvalue weighted by molar-refractivity contribution is -0.116. The van der Waals surface area contributed by atoms with Crippen LogP contribution in [0.4, 0.5) is 0 Å². The van der Waals surface area contributed by atoms with Crippen LogP contribution < -0.4 is 14.8 Å². The van der Waals surface area contributed by atoms with Crippen LogP contribution in [0.2, 0.25) is 0 Å². The van der Waals surface area contributed by atoms with Crippen molar-refractivity contribution in [2.75, 3.05) is 13.7 Å². The van der Waals surface area contributed by atoms with E-state index in [2.05, 4.69) is 5.32 Å². The normalized spacial score (nSPS) is 9.68. The summed E-state index contributed by atoms with van der Waals surface area (Å²) in [6.45, 7) is 6.75. The number of rotatable bonds is 6. The van der Waals surface area contributed by atoms with E-state index in [1.165, 1.54) is 0 Å². The molecule has 4 heteroatoms. The highest BCUT2D eigenvalue weighted by Gasteiger charge is 2.05. The van der Waals surface area contributed by atoms with E-state index in [-0.39, 0.29) is 5.91 Å². The number of hydrogen-bond acceptors (Lipinski definition) is 3. The molecule has 1 amide bonds. The zero-order chi connectivity index (χ0) is 14.3. The molecular formula is C15H21NO3. The third-order valence-electron chi connectivity index (χ3n) is 2.41. The number of ether oxygens (including phenoxy) is 2. The molecule has 0 saturated carbocycles. The van der Waals surface area contributed by atoms with Gasteiger partial charge < -0.3 is 14.8 Å². The largest absolute Gasteiger partial charge is 0.493 e. The monoisotopic (exact) mass is 263 g/mol. The van der Waals surface area contributed by atoms with Gasteiger partial charge in [0.25, 0.3) is 0 Å². The molecule has 0 saturated heterocycles. The van der Waals surface area contributed by atoms with E-state index in [9.17, 15) is 4.79 Å². The number of allylic oxidation sites excluding steroid dienone is 1. The molecule has 0 spiro atoms. The zero-order valence-corrected chi connectivity index (χ0v) is 11.9. The Balaban J connectivity index is 2.69. The number of hydrogen-bond donors (Lipinski definition) is 1. The van der Waals surface area contributed by atoms with Crippen molar-refractivity contribution < 1.29 is 14.3 Å². The van der Waals surface area contributed by atoms with Crippen LogP contribution in [0.1, 0.15) is 26.3 Å². The lowest BCUT2D eigenvalue weighted by atomic mass is 10.2. The predicted octanol–water partition coefficient (Wildman–Crippen LogP) is 2.68. The third-order valence-corrected chi connectivity index (χ3v) is 2.41. The summed E-state index contributed by atoms with van der Waals surface area (Å²) in [6, 6.07) is 5.63. The van der Waals surface area contributed by atoms with Gasteiger partial charge in [0, 0.05) is 12.6 Å². The second-order valence-electron chi connectivity index (χ2n) is 4.36. The molecule has 0 fully saturated rings. The fourth-order valence-corrected chi connectivity index (χ4v) is 1.60. The summed E-state index contributed by atoms with van der Waals surface area (Å²) in [4.78, 5) is 11.5. The molecule has 1 N–H and O–H groups in total. The summed E-state index contributed by atoms with van der Waals surface area (Å²) >= 11 is 0. The van der Waals surface area contributed by atoms with Gasteiger partial charge in [-0.3, -0.25) is 4.79 Å². The van der Waals surface area contributed by atoms with Crippen LogP contribution in [0.5, 0.6) is 11.5 Å². The van der Waals surface area contributed by atoms with Gasteiger partial charge in [-0.1, -0.05) is 11.6 Å². The van der Waals surface area contributed by atoms with Crippen LogP contribution in [0.15, 0.2) is 29.8 Å². The second kappa shape index (κ2) is 7.46. The second-order valence-corrected chi connectivity index (χ2v) is 4.36. The van der Waals surface area contributed by atoms with Crippen LogP contribution in [0, 0.1) is 0 Å². The molecule has 0 aliphatic carbocycles. The van der Waals surface area contributed by atoms with E-state index in [0.717, 1.165) is 11.1 Å². The van der Waals surface area contributed by atoms with E-state index < -0.39 is 0 Å². The maximum absolute atomic E-state index is 11.5. The van der Waals surface area contributed by atoms with Crippen molar-refractivity contribution in [3.63, 3.8) is 0 Å². The number of carbonyl (C=O) groups is 1. The molecule has 4 nitrogen and oxygen atoms in total. The fraction of sp³-hybridized carbons (Fsp3) is 0.400. The van der Waals surface area contributed by atoms with Gasteiger partial charge in [-0.05, 0) is 38.5 Å².